The number of rotatable bonds is 3. The molecule has 0 radical (unpaired) electrons. The maximum Gasteiger partial charge on any atom is 0.412 e. The molecule has 8 heteroatoms. The summed E-state index contributed by atoms with van der Waals surface area (Å²) in [7, 11) is 0. The normalized spacial score (nSPS) is 16.3. The van der Waals surface area contributed by atoms with Crippen LogP contribution < -0.4 is 9.64 Å². The average Bonchev–Trinajstić information content (AvgIpc) is 2.56. The minimum Gasteiger partial charge on any atom is -0.474 e. The highest BCUT2D eigenvalue weighted by atomic mass is 19.1. The summed E-state index contributed by atoms with van der Waals surface area (Å²) in [4.78, 5) is 16.8. The smallest absolute Gasteiger partial charge is 0.412 e. The molecule has 132 valence electrons. The van der Waals surface area contributed by atoms with E-state index in [1.54, 1.807) is 6.92 Å². The van der Waals surface area contributed by atoms with Crippen LogP contribution in [0.25, 0.3) is 0 Å². The van der Waals surface area contributed by atoms with Crippen LogP contribution in [0.1, 0.15) is 23.7 Å². The van der Waals surface area contributed by atoms with Gasteiger partial charge in [-0.2, -0.15) is 0 Å². The summed E-state index contributed by atoms with van der Waals surface area (Å²) in [6, 6.07) is 4.31. The summed E-state index contributed by atoms with van der Waals surface area (Å²) >= 11 is 0. The van der Waals surface area contributed by atoms with Crippen molar-refractivity contribution in [2.75, 3.05) is 11.5 Å². The summed E-state index contributed by atoms with van der Waals surface area (Å²) in [6.45, 7) is 1.41. The fourth-order valence-electron chi connectivity index (χ4n) is 2.80. The van der Waals surface area contributed by atoms with Gasteiger partial charge in [-0.15, -0.1) is 0 Å². The molecular formula is C17H16F2N2O4. The molecule has 0 spiro atoms. The van der Waals surface area contributed by atoms with Gasteiger partial charge in [-0.05, 0) is 30.2 Å². The topological polar surface area (TPSA) is 82.9 Å². The maximum absolute atomic E-state index is 13.9. The molecule has 25 heavy (non-hydrogen) atoms. The predicted octanol–water partition coefficient (Wildman–Crippen LogP) is 2.71. The molecule has 1 unspecified atom stereocenters. The number of aliphatic hydroxyl groups is 1. The SMILES string of the molecule is CC1COc2nc(CO)c(Cc3ccc(F)cc3F)cc2N1C(=O)O. The molecule has 2 N–H and O–H groups in total. The Kier molecular flexibility index (Phi) is 4.54. The Morgan fingerprint density at radius 1 is 1.36 bits per heavy atom. The molecule has 1 amide bonds. The molecule has 0 bridgehead atoms. The second-order valence-corrected chi connectivity index (χ2v) is 5.80. The summed E-state index contributed by atoms with van der Waals surface area (Å²) in [5, 5.41) is 19.0. The van der Waals surface area contributed by atoms with Crippen LogP contribution in [-0.4, -0.2) is 33.9 Å². The van der Waals surface area contributed by atoms with Crippen LogP contribution in [-0.2, 0) is 13.0 Å². The fourth-order valence-corrected chi connectivity index (χ4v) is 2.80. The van der Waals surface area contributed by atoms with E-state index < -0.39 is 30.4 Å². The van der Waals surface area contributed by atoms with E-state index in [0.29, 0.717) is 5.56 Å². The summed E-state index contributed by atoms with van der Waals surface area (Å²) < 4.78 is 32.4. The maximum atomic E-state index is 13.9. The number of ether oxygens (including phenoxy) is 1. The lowest BCUT2D eigenvalue weighted by Crippen LogP contribution is -2.44. The van der Waals surface area contributed by atoms with Crippen LogP contribution in [0.4, 0.5) is 19.3 Å². The number of amides is 1. The number of carboxylic acid groups (broad SMARTS) is 1. The lowest BCUT2D eigenvalue weighted by molar-refractivity contribution is 0.188. The molecule has 1 atom stereocenters. The quantitative estimate of drug-likeness (QED) is 0.889. The van der Waals surface area contributed by atoms with Gasteiger partial charge in [-0.3, -0.25) is 4.90 Å². The number of fused-ring (bicyclic) bond motifs is 1. The van der Waals surface area contributed by atoms with Gasteiger partial charge in [-0.25, -0.2) is 18.6 Å². The van der Waals surface area contributed by atoms with Gasteiger partial charge >= 0.3 is 6.09 Å². The minimum atomic E-state index is -1.16. The van der Waals surface area contributed by atoms with Crippen molar-refractivity contribution < 1.29 is 28.5 Å². The van der Waals surface area contributed by atoms with Crippen LogP contribution in [0.5, 0.6) is 5.88 Å². The first kappa shape index (κ1) is 17.1. The van der Waals surface area contributed by atoms with Gasteiger partial charge in [-0.1, -0.05) is 6.07 Å². The average molecular weight is 350 g/mol. The number of aromatic nitrogens is 1. The van der Waals surface area contributed by atoms with Crippen molar-refractivity contribution >= 4 is 11.8 Å². The van der Waals surface area contributed by atoms with E-state index in [1.807, 2.05) is 0 Å². The van der Waals surface area contributed by atoms with Crippen molar-refractivity contribution in [2.45, 2.75) is 26.0 Å². The Balaban J connectivity index is 2.06. The molecule has 1 aliphatic heterocycles. The van der Waals surface area contributed by atoms with E-state index in [0.717, 1.165) is 17.0 Å². The number of nitrogens with zero attached hydrogens (tertiary/aromatic N) is 2. The molecule has 2 heterocycles. The first-order valence-electron chi connectivity index (χ1n) is 7.63. The lowest BCUT2D eigenvalue weighted by Gasteiger charge is -2.32. The molecule has 0 saturated carbocycles. The van der Waals surface area contributed by atoms with Crippen molar-refractivity contribution in [3.8, 4) is 5.88 Å². The van der Waals surface area contributed by atoms with Crippen molar-refractivity contribution in [1.82, 2.24) is 4.98 Å². The van der Waals surface area contributed by atoms with Crippen LogP contribution in [0, 0.1) is 11.6 Å². The van der Waals surface area contributed by atoms with Crippen LogP contribution in [0.2, 0.25) is 0 Å². The molecule has 1 aromatic heterocycles. The predicted molar refractivity (Wildman–Crippen MR) is 84.8 cm³/mol. The number of anilines is 1. The van der Waals surface area contributed by atoms with E-state index in [1.165, 1.54) is 12.1 Å². The van der Waals surface area contributed by atoms with Gasteiger partial charge in [0, 0.05) is 12.5 Å². The number of aliphatic hydroxyl groups excluding tert-OH is 1. The highest BCUT2D eigenvalue weighted by Gasteiger charge is 2.31. The van der Waals surface area contributed by atoms with Gasteiger partial charge in [0.1, 0.15) is 23.9 Å². The van der Waals surface area contributed by atoms with Crippen molar-refractivity contribution in [1.29, 1.82) is 0 Å². The zero-order valence-electron chi connectivity index (χ0n) is 13.4. The number of hydrogen-bond acceptors (Lipinski definition) is 4. The Morgan fingerprint density at radius 2 is 2.12 bits per heavy atom. The Morgan fingerprint density at radius 3 is 2.76 bits per heavy atom. The number of pyridine rings is 1. The molecule has 1 aromatic carbocycles. The van der Waals surface area contributed by atoms with Crippen LogP contribution >= 0.6 is 0 Å². The molecule has 0 saturated heterocycles. The molecular weight excluding hydrogens is 334 g/mol. The van der Waals surface area contributed by atoms with Gasteiger partial charge in [0.05, 0.1) is 18.3 Å². The molecule has 1 aliphatic rings. The first-order chi connectivity index (χ1) is 11.9. The number of halogens is 2. The summed E-state index contributed by atoms with van der Waals surface area (Å²) in [5.41, 5.74) is 1.14. The van der Waals surface area contributed by atoms with Crippen molar-refractivity contribution in [3.63, 3.8) is 0 Å². The van der Waals surface area contributed by atoms with E-state index >= 15 is 0 Å². The third-order valence-electron chi connectivity index (χ3n) is 4.05. The van der Waals surface area contributed by atoms with Crippen molar-refractivity contribution in [3.05, 3.63) is 52.7 Å². The van der Waals surface area contributed by atoms with E-state index in [9.17, 15) is 23.8 Å². The lowest BCUT2D eigenvalue weighted by atomic mass is 10.0. The van der Waals surface area contributed by atoms with Gasteiger partial charge in [0.2, 0.25) is 5.88 Å². The first-order valence-corrected chi connectivity index (χ1v) is 7.63. The highest BCUT2D eigenvalue weighted by Crippen LogP contribution is 2.35. The molecule has 2 aromatic rings. The Hall–Kier alpha value is -2.74. The van der Waals surface area contributed by atoms with Crippen molar-refractivity contribution in [2.24, 2.45) is 0 Å². The molecule has 6 nitrogen and oxygen atoms in total. The Labute approximate surface area is 142 Å². The zero-order valence-corrected chi connectivity index (χ0v) is 13.4. The monoisotopic (exact) mass is 350 g/mol. The number of benzene rings is 1. The minimum absolute atomic E-state index is 0.0319. The van der Waals surface area contributed by atoms with E-state index in [2.05, 4.69) is 4.98 Å². The Bertz CT molecular complexity index is 829. The second-order valence-electron chi connectivity index (χ2n) is 5.80. The number of hydrogen-bond donors (Lipinski definition) is 2. The van der Waals surface area contributed by atoms with E-state index in [4.69, 9.17) is 4.74 Å². The fraction of sp³-hybridized carbons (Fsp3) is 0.294. The van der Waals surface area contributed by atoms with Gasteiger partial charge in [0.25, 0.3) is 0 Å². The summed E-state index contributed by atoms with van der Waals surface area (Å²) in [6.07, 6.45) is -1.13. The van der Waals surface area contributed by atoms with Gasteiger partial charge < -0.3 is 14.9 Å². The standard InChI is InChI=1S/C17H16F2N2O4/c1-9-8-25-16-15(21(9)17(23)24)5-11(14(7-22)20-16)4-10-2-3-12(18)6-13(10)19/h2-3,5-6,9,22H,4,7-8H2,1H3,(H,23,24). The third kappa shape index (κ3) is 3.25. The molecule has 0 aliphatic carbocycles. The highest BCUT2D eigenvalue weighted by molar-refractivity contribution is 5.89. The third-order valence-corrected chi connectivity index (χ3v) is 4.05. The number of carbonyl (C=O) groups is 1. The van der Waals surface area contributed by atoms with Crippen LogP contribution in [0.3, 0.4) is 0 Å². The largest absolute Gasteiger partial charge is 0.474 e. The second kappa shape index (κ2) is 6.64. The van der Waals surface area contributed by atoms with Crippen LogP contribution in [0.15, 0.2) is 24.3 Å². The van der Waals surface area contributed by atoms with E-state index in [-0.39, 0.29) is 35.9 Å². The zero-order chi connectivity index (χ0) is 18.1. The summed E-state index contributed by atoms with van der Waals surface area (Å²) in [5.74, 6) is -1.30. The molecule has 3 rings (SSSR count). The van der Waals surface area contributed by atoms with Gasteiger partial charge in [0.15, 0.2) is 0 Å². The molecule has 0 fully saturated rings.